The summed E-state index contributed by atoms with van der Waals surface area (Å²) in [5.41, 5.74) is 0.0469. The molecule has 0 aliphatic carbocycles. The van der Waals surface area contributed by atoms with Gasteiger partial charge < -0.3 is 5.11 Å². The van der Waals surface area contributed by atoms with Gasteiger partial charge in [0.15, 0.2) is 5.78 Å². The standard InChI is InChI=1S/C12H9FO2/c1-7(14)11-10(15)6-5-8-3-2-4-9(13)12(8)11/h2-6,15H,1H3. The van der Waals surface area contributed by atoms with Crippen molar-refractivity contribution in [2.75, 3.05) is 0 Å². The molecule has 0 radical (unpaired) electrons. The lowest BCUT2D eigenvalue weighted by Crippen LogP contribution is -1.96. The van der Waals surface area contributed by atoms with Crippen LogP contribution >= 0.6 is 0 Å². The Labute approximate surface area is 86.0 Å². The molecule has 2 rings (SSSR count). The Morgan fingerprint density at radius 3 is 2.67 bits per heavy atom. The highest BCUT2D eigenvalue weighted by molar-refractivity contribution is 6.09. The number of benzene rings is 2. The molecule has 76 valence electrons. The summed E-state index contributed by atoms with van der Waals surface area (Å²) < 4.78 is 13.5. The molecule has 0 aliphatic rings. The van der Waals surface area contributed by atoms with E-state index in [1.807, 2.05) is 0 Å². The summed E-state index contributed by atoms with van der Waals surface area (Å²) in [6.07, 6.45) is 0. The molecule has 0 heterocycles. The summed E-state index contributed by atoms with van der Waals surface area (Å²) in [5, 5.41) is 10.3. The molecule has 2 nitrogen and oxygen atoms in total. The Balaban J connectivity index is 2.97. The summed E-state index contributed by atoms with van der Waals surface area (Å²) in [6, 6.07) is 7.52. The third-order valence-electron chi connectivity index (χ3n) is 2.32. The molecule has 0 aromatic heterocycles. The smallest absolute Gasteiger partial charge is 0.164 e. The predicted molar refractivity (Wildman–Crippen MR) is 55.6 cm³/mol. The van der Waals surface area contributed by atoms with Gasteiger partial charge in [-0.05, 0) is 24.4 Å². The van der Waals surface area contributed by atoms with Crippen molar-refractivity contribution in [3.05, 3.63) is 41.7 Å². The van der Waals surface area contributed by atoms with E-state index in [4.69, 9.17) is 0 Å². The lowest BCUT2D eigenvalue weighted by Gasteiger charge is -2.06. The zero-order valence-electron chi connectivity index (χ0n) is 8.12. The Hall–Kier alpha value is -1.90. The topological polar surface area (TPSA) is 37.3 Å². The summed E-state index contributed by atoms with van der Waals surface area (Å²) in [6.45, 7) is 1.31. The fourth-order valence-corrected chi connectivity index (χ4v) is 1.68. The highest BCUT2D eigenvalue weighted by atomic mass is 19.1. The number of aromatic hydroxyl groups is 1. The van der Waals surface area contributed by atoms with E-state index in [1.165, 1.54) is 19.1 Å². The Bertz CT molecular complexity index is 547. The van der Waals surface area contributed by atoms with Gasteiger partial charge in [0, 0.05) is 5.39 Å². The third kappa shape index (κ3) is 1.46. The van der Waals surface area contributed by atoms with Gasteiger partial charge in [-0.2, -0.15) is 0 Å². The van der Waals surface area contributed by atoms with E-state index >= 15 is 0 Å². The van der Waals surface area contributed by atoms with E-state index in [-0.39, 0.29) is 22.5 Å². The molecule has 0 aliphatic heterocycles. The number of carbonyl (C=O) groups excluding carboxylic acids is 1. The van der Waals surface area contributed by atoms with Crippen molar-refractivity contribution in [1.82, 2.24) is 0 Å². The Morgan fingerprint density at radius 2 is 2.00 bits per heavy atom. The molecular formula is C12H9FO2. The minimum absolute atomic E-state index is 0.0469. The molecule has 0 atom stereocenters. The van der Waals surface area contributed by atoms with Gasteiger partial charge in [0.2, 0.25) is 0 Å². The molecular weight excluding hydrogens is 195 g/mol. The van der Waals surface area contributed by atoms with Gasteiger partial charge in [0.25, 0.3) is 0 Å². The summed E-state index contributed by atoms with van der Waals surface area (Å²) >= 11 is 0. The lowest BCUT2D eigenvalue weighted by molar-refractivity contribution is 0.101. The zero-order chi connectivity index (χ0) is 11.0. The number of ketones is 1. The summed E-state index contributed by atoms with van der Waals surface area (Å²) in [4.78, 5) is 11.3. The van der Waals surface area contributed by atoms with Crippen LogP contribution < -0.4 is 0 Å². The van der Waals surface area contributed by atoms with Crippen LogP contribution in [0.3, 0.4) is 0 Å². The van der Waals surface area contributed by atoms with E-state index in [0.29, 0.717) is 5.39 Å². The predicted octanol–water partition coefficient (Wildman–Crippen LogP) is 2.89. The second kappa shape index (κ2) is 3.35. The molecule has 0 amide bonds. The minimum Gasteiger partial charge on any atom is -0.507 e. The maximum absolute atomic E-state index is 13.5. The SMILES string of the molecule is CC(=O)c1c(O)ccc2cccc(F)c12. The number of rotatable bonds is 1. The van der Waals surface area contributed by atoms with Crippen LogP contribution in [-0.2, 0) is 0 Å². The van der Waals surface area contributed by atoms with Crippen molar-refractivity contribution >= 4 is 16.6 Å². The molecule has 1 N–H and O–H groups in total. The highest BCUT2D eigenvalue weighted by Gasteiger charge is 2.14. The van der Waals surface area contributed by atoms with E-state index in [2.05, 4.69) is 0 Å². The van der Waals surface area contributed by atoms with Gasteiger partial charge in [0.05, 0.1) is 5.56 Å². The molecule has 2 aromatic carbocycles. The quantitative estimate of drug-likeness (QED) is 0.725. The van der Waals surface area contributed by atoms with Crippen LogP contribution in [0.2, 0.25) is 0 Å². The number of Topliss-reactive ketones (excluding diaryl/α,β-unsaturated/α-hetero) is 1. The number of fused-ring (bicyclic) bond motifs is 1. The van der Waals surface area contributed by atoms with E-state index < -0.39 is 5.82 Å². The normalized spacial score (nSPS) is 10.5. The van der Waals surface area contributed by atoms with Gasteiger partial charge in [-0.15, -0.1) is 0 Å². The molecule has 0 unspecified atom stereocenters. The number of phenolic OH excluding ortho intramolecular Hbond substituents is 1. The molecule has 0 saturated heterocycles. The van der Waals surface area contributed by atoms with Crippen LogP contribution in [0.1, 0.15) is 17.3 Å². The fourth-order valence-electron chi connectivity index (χ4n) is 1.68. The Kier molecular flexibility index (Phi) is 2.15. The molecule has 3 heteroatoms. The van der Waals surface area contributed by atoms with E-state index in [9.17, 15) is 14.3 Å². The van der Waals surface area contributed by atoms with Gasteiger partial charge >= 0.3 is 0 Å². The van der Waals surface area contributed by atoms with Crippen molar-refractivity contribution in [3.63, 3.8) is 0 Å². The monoisotopic (exact) mass is 204 g/mol. The first-order valence-corrected chi connectivity index (χ1v) is 4.52. The number of hydrogen-bond donors (Lipinski definition) is 1. The minimum atomic E-state index is -0.492. The number of carbonyl (C=O) groups is 1. The van der Waals surface area contributed by atoms with Crippen molar-refractivity contribution in [3.8, 4) is 5.75 Å². The van der Waals surface area contributed by atoms with Crippen LogP contribution in [0.25, 0.3) is 10.8 Å². The average Bonchev–Trinajstić information content (AvgIpc) is 2.18. The van der Waals surface area contributed by atoms with Crippen molar-refractivity contribution in [2.24, 2.45) is 0 Å². The van der Waals surface area contributed by atoms with E-state index in [1.54, 1.807) is 18.2 Å². The number of halogens is 1. The van der Waals surface area contributed by atoms with Crippen molar-refractivity contribution in [1.29, 1.82) is 0 Å². The lowest BCUT2D eigenvalue weighted by atomic mass is 10.0. The van der Waals surface area contributed by atoms with Crippen LogP contribution in [0, 0.1) is 5.82 Å². The molecule has 0 fully saturated rings. The highest BCUT2D eigenvalue weighted by Crippen LogP contribution is 2.29. The number of phenols is 1. The van der Waals surface area contributed by atoms with Gasteiger partial charge in [-0.1, -0.05) is 18.2 Å². The Morgan fingerprint density at radius 1 is 1.27 bits per heavy atom. The molecule has 0 spiro atoms. The maximum atomic E-state index is 13.5. The van der Waals surface area contributed by atoms with Crippen LogP contribution in [0.5, 0.6) is 5.75 Å². The largest absolute Gasteiger partial charge is 0.507 e. The second-order valence-electron chi connectivity index (χ2n) is 3.35. The molecule has 2 aromatic rings. The summed E-state index contributed by atoms with van der Waals surface area (Å²) in [7, 11) is 0. The van der Waals surface area contributed by atoms with Crippen LogP contribution in [-0.4, -0.2) is 10.9 Å². The van der Waals surface area contributed by atoms with Crippen molar-refractivity contribution < 1.29 is 14.3 Å². The van der Waals surface area contributed by atoms with Crippen molar-refractivity contribution in [2.45, 2.75) is 6.92 Å². The average molecular weight is 204 g/mol. The first-order chi connectivity index (χ1) is 7.11. The number of hydrogen-bond acceptors (Lipinski definition) is 2. The van der Waals surface area contributed by atoms with Gasteiger partial charge in [0.1, 0.15) is 11.6 Å². The molecule has 15 heavy (non-hydrogen) atoms. The van der Waals surface area contributed by atoms with Crippen LogP contribution in [0.15, 0.2) is 30.3 Å². The molecule has 0 bridgehead atoms. The zero-order valence-corrected chi connectivity index (χ0v) is 8.12. The second-order valence-corrected chi connectivity index (χ2v) is 3.35. The molecule has 0 saturated carbocycles. The first kappa shape index (κ1) is 9.65. The van der Waals surface area contributed by atoms with Gasteiger partial charge in [-0.3, -0.25) is 4.79 Å². The van der Waals surface area contributed by atoms with Gasteiger partial charge in [-0.25, -0.2) is 4.39 Å². The maximum Gasteiger partial charge on any atom is 0.164 e. The fraction of sp³-hybridized carbons (Fsp3) is 0.0833. The third-order valence-corrected chi connectivity index (χ3v) is 2.32. The summed E-state index contributed by atoms with van der Waals surface area (Å²) in [5.74, 6) is -1.02. The van der Waals surface area contributed by atoms with Crippen LogP contribution in [0.4, 0.5) is 4.39 Å². The first-order valence-electron chi connectivity index (χ1n) is 4.52. The van der Waals surface area contributed by atoms with E-state index in [0.717, 1.165) is 0 Å².